The first-order valence-corrected chi connectivity index (χ1v) is 5.89. The largest absolute Gasteiger partial charge is 0.393 e. The second-order valence-corrected chi connectivity index (χ2v) is 4.85. The van der Waals surface area contributed by atoms with Crippen LogP contribution in [0.15, 0.2) is 42.5 Å². The fraction of sp³-hybridized carbons (Fsp3) is 0.231. The van der Waals surface area contributed by atoms with Crippen LogP contribution in [0.25, 0.3) is 10.4 Å². The van der Waals surface area contributed by atoms with Gasteiger partial charge in [0.05, 0.1) is 6.10 Å². The van der Waals surface area contributed by atoms with E-state index in [0.717, 1.165) is 6.42 Å². The van der Waals surface area contributed by atoms with Gasteiger partial charge in [-0.15, -0.1) is 11.3 Å². The second-order valence-electron chi connectivity index (χ2n) is 3.69. The molecule has 0 aliphatic rings. The highest BCUT2D eigenvalue weighted by Gasteiger charge is 2.04. The van der Waals surface area contributed by atoms with Gasteiger partial charge in [0.1, 0.15) is 0 Å². The average Bonchev–Trinajstić information content (AvgIpc) is 2.67. The van der Waals surface area contributed by atoms with E-state index in [-0.39, 0.29) is 6.10 Å². The van der Waals surface area contributed by atoms with Crippen molar-refractivity contribution in [2.75, 3.05) is 0 Å². The quantitative estimate of drug-likeness (QED) is 0.837. The number of rotatable bonds is 3. The maximum Gasteiger partial charge on any atom is 0.0560 e. The van der Waals surface area contributed by atoms with Crippen molar-refractivity contribution in [2.45, 2.75) is 19.4 Å². The standard InChI is InChI=1S/C13H14OS/c1-10(14)9-12-7-8-13(15-12)11-5-3-2-4-6-11/h2-8,10,14H,9H2,1H3/t10-/m1/s1. The zero-order chi connectivity index (χ0) is 10.7. The Balaban J connectivity index is 2.21. The van der Waals surface area contributed by atoms with Gasteiger partial charge >= 0.3 is 0 Å². The Morgan fingerprint density at radius 1 is 1.13 bits per heavy atom. The molecule has 2 rings (SSSR count). The molecule has 0 saturated carbocycles. The molecule has 0 unspecified atom stereocenters. The molecule has 2 aromatic rings. The summed E-state index contributed by atoms with van der Waals surface area (Å²) in [5.74, 6) is 0. The topological polar surface area (TPSA) is 20.2 Å². The summed E-state index contributed by atoms with van der Waals surface area (Å²) in [5.41, 5.74) is 1.25. The summed E-state index contributed by atoms with van der Waals surface area (Å²) in [6, 6.07) is 14.5. The van der Waals surface area contributed by atoms with Crippen LogP contribution in [-0.4, -0.2) is 11.2 Å². The van der Waals surface area contributed by atoms with Crippen LogP contribution in [0, 0.1) is 0 Å². The molecular weight excluding hydrogens is 204 g/mol. The van der Waals surface area contributed by atoms with Gasteiger partial charge in [-0.3, -0.25) is 0 Å². The van der Waals surface area contributed by atoms with Crippen LogP contribution >= 0.6 is 11.3 Å². The maximum absolute atomic E-state index is 9.29. The Morgan fingerprint density at radius 2 is 1.87 bits per heavy atom. The molecule has 1 aromatic carbocycles. The number of hydrogen-bond donors (Lipinski definition) is 1. The first-order chi connectivity index (χ1) is 7.25. The molecule has 0 aliphatic carbocycles. The third-order valence-corrected chi connectivity index (χ3v) is 3.37. The molecule has 78 valence electrons. The lowest BCUT2D eigenvalue weighted by atomic mass is 10.2. The normalized spacial score (nSPS) is 12.7. The Morgan fingerprint density at radius 3 is 2.53 bits per heavy atom. The summed E-state index contributed by atoms with van der Waals surface area (Å²) in [7, 11) is 0. The average molecular weight is 218 g/mol. The van der Waals surface area contributed by atoms with Gasteiger partial charge in [0.2, 0.25) is 0 Å². The van der Waals surface area contributed by atoms with E-state index in [1.165, 1.54) is 15.3 Å². The van der Waals surface area contributed by atoms with Crippen LogP contribution in [-0.2, 0) is 6.42 Å². The molecule has 0 saturated heterocycles. The SMILES string of the molecule is C[C@@H](O)Cc1ccc(-c2ccccc2)s1. The van der Waals surface area contributed by atoms with Gasteiger partial charge in [-0.25, -0.2) is 0 Å². The van der Waals surface area contributed by atoms with E-state index >= 15 is 0 Å². The monoisotopic (exact) mass is 218 g/mol. The first kappa shape index (κ1) is 10.4. The predicted octanol–water partition coefficient (Wildman–Crippen LogP) is 3.34. The number of benzene rings is 1. The van der Waals surface area contributed by atoms with Crippen LogP contribution in [0.1, 0.15) is 11.8 Å². The van der Waals surface area contributed by atoms with Gasteiger partial charge in [-0.2, -0.15) is 0 Å². The molecule has 0 aliphatic heterocycles. The van der Waals surface area contributed by atoms with Gasteiger partial charge in [-0.1, -0.05) is 30.3 Å². The summed E-state index contributed by atoms with van der Waals surface area (Å²) in [4.78, 5) is 2.51. The highest BCUT2D eigenvalue weighted by molar-refractivity contribution is 7.15. The first-order valence-electron chi connectivity index (χ1n) is 5.08. The van der Waals surface area contributed by atoms with Crippen molar-refractivity contribution in [3.05, 3.63) is 47.3 Å². The van der Waals surface area contributed by atoms with E-state index in [4.69, 9.17) is 0 Å². The van der Waals surface area contributed by atoms with Crippen molar-refractivity contribution in [1.82, 2.24) is 0 Å². The Labute approximate surface area is 94.0 Å². The van der Waals surface area contributed by atoms with Crippen LogP contribution in [0.5, 0.6) is 0 Å². The minimum Gasteiger partial charge on any atom is -0.393 e. The lowest BCUT2D eigenvalue weighted by molar-refractivity contribution is 0.196. The number of aliphatic hydroxyl groups is 1. The summed E-state index contributed by atoms with van der Waals surface area (Å²) in [5, 5.41) is 9.29. The minimum atomic E-state index is -0.257. The summed E-state index contributed by atoms with van der Waals surface area (Å²) >= 11 is 1.75. The van der Waals surface area contributed by atoms with Crippen molar-refractivity contribution in [3.63, 3.8) is 0 Å². The Bertz CT molecular complexity index is 417. The predicted molar refractivity (Wildman–Crippen MR) is 65.1 cm³/mol. The van der Waals surface area contributed by atoms with Crippen LogP contribution in [0.2, 0.25) is 0 Å². The lowest BCUT2D eigenvalue weighted by Gasteiger charge is -1.99. The van der Waals surface area contributed by atoms with Crippen molar-refractivity contribution >= 4 is 11.3 Å². The molecule has 1 atom stereocenters. The fourth-order valence-electron chi connectivity index (χ4n) is 1.54. The third kappa shape index (κ3) is 2.67. The van der Waals surface area contributed by atoms with Gasteiger partial charge < -0.3 is 5.11 Å². The van der Waals surface area contributed by atoms with Crippen LogP contribution in [0.3, 0.4) is 0 Å². The molecule has 1 nitrogen and oxygen atoms in total. The molecule has 0 bridgehead atoms. The minimum absolute atomic E-state index is 0.257. The van der Waals surface area contributed by atoms with E-state index < -0.39 is 0 Å². The van der Waals surface area contributed by atoms with Crippen molar-refractivity contribution in [1.29, 1.82) is 0 Å². The molecule has 0 fully saturated rings. The van der Waals surface area contributed by atoms with Crippen molar-refractivity contribution in [3.8, 4) is 10.4 Å². The molecule has 2 heteroatoms. The summed E-state index contributed by atoms with van der Waals surface area (Å²) in [6.45, 7) is 1.82. The fourth-order valence-corrected chi connectivity index (χ4v) is 2.67. The van der Waals surface area contributed by atoms with E-state index in [1.54, 1.807) is 11.3 Å². The molecule has 1 N–H and O–H groups in total. The maximum atomic E-state index is 9.29. The molecular formula is C13H14OS. The summed E-state index contributed by atoms with van der Waals surface area (Å²) in [6.07, 6.45) is 0.490. The lowest BCUT2D eigenvalue weighted by Crippen LogP contribution is -2.01. The molecule has 1 aromatic heterocycles. The Kier molecular flexibility index (Phi) is 3.19. The van der Waals surface area contributed by atoms with E-state index in [1.807, 2.05) is 25.1 Å². The molecule has 0 radical (unpaired) electrons. The van der Waals surface area contributed by atoms with E-state index in [0.29, 0.717) is 0 Å². The molecule has 15 heavy (non-hydrogen) atoms. The zero-order valence-corrected chi connectivity index (χ0v) is 9.50. The van der Waals surface area contributed by atoms with Gasteiger partial charge in [0.25, 0.3) is 0 Å². The van der Waals surface area contributed by atoms with E-state index in [2.05, 4.69) is 24.3 Å². The Hall–Kier alpha value is -1.12. The van der Waals surface area contributed by atoms with E-state index in [9.17, 15) is 5.11 Å². The summed E-state index contributed by atoms with van der Waals surface area (Å²) < 4.78 is 0. The van der Waals surface area contributed by atoms with Crippen molar-refractivity contribution < 1.29 is 5.11 Å². The number of hydrogen-bond acceptors (Lipinski definition) is 2. The molecule has 0 amide bonds. The molecule has 1 heterocycles. The van der Waals surface area contributed by atoms with Crippen LogP contribution < -0.4 is 0 Å². The van der Waals surface area contributed by atoms with Gasteiger partial charge in [-0.05, 0) is 24.6 Å². The van der Waals surface area contributed by atoms with Crippen molar-refractivity contribution in [2.24, 2.45) is 0 Å². The highest BCUT2D eigenvalue weighted by Crippen LogP contribution is 2.28. The smallest absolute Gasteiger partial charge is 0.0560 e. The molecule has 0 spiro atoms. The zero-order valence-electron chi connectivity index (χ0n) is 8.68. The van der Waals surface area contributed by atoms with Crippen LogP contribution in [0.4, 0.5) is 0 Å². The van der Waals surface area contributed by atoms with Gasteiger partial charge in [0, 0.05) is 16.2 Å². The second kappa shape index (κ2) is 4.60. The number of thiophene rings is 1. The van der Waals surface area contributed by atoms with Gasteiger partial charge in [0.15, 0.2) is 0 Å². The number of aliphatic hydroxyl groups excluding tert-OH is 1. The highest BCUT2D eigenvalue weighted by atomic mass is 32.1. The third-order valence-electron chi connectivity index (χ3n) is 2.22.